The van der Waals surface area contributed by atoms with Gasteiger partial charge in [0.1, 0.15) is 19.6 Å². The zero-order chi connectivity index (χ0) is 16.5. The summed E-state index contributed by atoms with van der Waals surface area (Å²) in [6.45, 7) is 5.59. The maximum Gasteiger partial charge on any atom is 0.141 e. The highest BCUT2D eigenvalue weighted by atomic mass is 16.5. The smallest absolute Gasteiger partial charge is 0.141 e. The average molecular weight is 318 g/mol. The molecule has 1 heterocycles. The van der Waals surface area contributed by atoms with E-state index in [2.05, 4.69) is 60.4 Å². The van der Waals surface area contributed by atoms with Crippen LogP contribution in [0.1, 0.15) is 11.1 Å². The first-order chi connectivity index (χ1) is 11.9. The van der Waals surface area contributed by atoms with Gasteiger partial charge in [0.25, 0.3) is 0 Å². The molecule has 122 valence electrons. The van der Waals surface area contributed by atoms with E-state index in [9.17, 15) is 0 Å². The molecule has 1 aliphatic rings. The van der Waals surface area contributed by atoms with Crippen LogP contribution < -0.4 is 0 Å². The number of nitrogens with zero attached hydrogens (tertiary/aromatic N) is 1. The third kappa shape index (κ3) is 4.83. The Morgan fingerprint density at radius 2 is 1.58 bits per heavy atom. The quantitative estimate of drug-likeness (QED) is 0.618. The Balaban J connectivity index is 1.66. The van der Waals surface area contributed by atoms with Gasteiger partial charge in [0.2, 0.25) is 0 Å². The molecule has 0 aromatic heterocycles. The fourth-order valence-electron chi connectivity index (χ4n) is 2.94. The van der Waals surface area contributed by atoms with Crippen molar-refractivity contribution in [2.45, 2.75) is 0 Å². The Hall–Kier alpha value is -2.34. The molecule has 0 atom stereocenters. The van der Waals surface area contributed by atoms with Gasteiger partial charge in [0, 0.05) is 5.56 Å². The number of hydrogen-bond donors (Lipinski definition) is 0. The predicted molar refractivity (Wildman–Crippen MR) is 99.3 cm³/mol. The van der Waals surface area contributed by atoms with Crippen LogP contribution >= 0.6 is 0 Å². The van der Waals surface area contributed by atoms with Crippen molar-refractivity contribution in [3.63, 3.8) is 0 Å². The van der Waals surface area contributed by atoms with Crippen molar-refractivity contribution in [1.82, 2.24) is 0 Å². The first kappa shape index (κ1) is 16.5. The SMILES string of the molecule is C(#Cc1ccccc1)C[N+]1(CC=Cc2ccccc2)CCOCC1. The van der Waals surface area contributed by atoms with Crippen LogP contribution in [-0.2, 0) is 4.74 Å². The van der Waals surface area contributed by atoms with E-state index in [1.807, 2.05) is 24.3 Å². The van der Waals surface area contributed by atoms with Crippen LogP contribution in [0.2, 0.25) is 0 Å². The third-order valence-electron chi connectivity index (χ3n) is 4.44. The molecule has 0 saturated carbocycles. The minimum absolute atomic E-state index is 0.826. The first-order valence-electron chi connectivity index (χ1n) is 8.55. The summed E-state index contributed by atoms with van der Waals surface area (Å²) in [6, 6.07) is 20.7. The summed E-state index contributed by atoms with van der Waals surface area (Å²) in [4.78, 5) is 0. The third-order valence-corrected chi connectivity index (χ3v) is 4.44. The fraction of sp³-hybridized carbons (Fsp3) is 0.273. The highest BCUT2D eigenvalue weighted by Crippen LogP contribution is 2.12. The molecule has 0 amide bonds. The van der Waals surface area contributed by atoms with Gasteiger partial charge in [-0.2, -0.15) is 0 Å². The highest BCUT2D eigenvalue weighted by molar-refractivity contribution is 5.48. The Labute approximate surface area is 145 Å². The van der Waals surface area contributed by atoms with Crippen LogP contribution in [0.3, 0.4) is 0 Å². The summed E-state index contributed by atoms with van der Waals surface area (Å²) < 4.78 is 6.56. The molecule has 2 nitrogen and oxygen atoms in total. The van der Waals surface area contributed by atoms with Crippen LogP contribution in [0.5, 0.6) is 0 Å². The lowest BCUT2D eigenvalue weighted by atomic mass is 10.2. The molecule has 0 aliphatic carbocycles. The molecule has 3 rings (SSSR count). The standard InChI is InChI=1S/C22H24NO/c1-3-9-21(10-4-1)13-7-15-23(17-19-24-20-18-23)16-8-14-22-11-5-2-6-12-22/h1-7,9-13H,15-20H2/q+1. The lowest BCUT2D eigenvalue weighted by molar-refractivity contribution is -0.923. The lowest BCUT2D eigenvalue weighted by Gasteiger charge is -2.39. The molecule has 1 saturated heterocycles. The normalized spacial score (nSPS) is 16.5. The summed E-state index contributed by atoms with van der Waals surface area (Å²) >= 11 is 0. The van der Waals surface area contributed by atoms with Crippen LogP contribution in [0.15, 0.2) is 66.7 Å². The van der Waals surface area contributed by atoms with Gasteiger partial charge in [-0.05, 0) is 29.7 Å². The zero-order valence-electron chi connectivity index (χ0n) is 14.0. The topological polar surface area (TPSA) is 9.23 Å². The van der Waals surface area contributed by atoms with E-state index in [1.54, 1.807) is 0 Å². The van der Waals surface area contributed by atoms with Crippen molar-refractivity contribution in [3.05, 3.63) is 77.9 Å². The Kier molecular flexibility index (Phi) is 5.85. The summed E-state index contributed by atoms with van der Waals surface area (Å²) in [5.41, 5.74) is 2.34. The van der Waals surface area contributed by atoms with Gasteiger partial charge < -0.3 is 9.22 Å². The van der Waals surface area contributed by atoms with Crippen molar-refractivity contribution >= 4 is 6.08 Å². The zero-order valence-corrected chi connectivity index (χ0v) is 14.0. The van der Waals surface area contributed by atoms with Crippen LogP contribution in [-0.4, -0.2) is 43.9 Å². The van der Waals surface area contributed by atoms with E-state index in [0.29, 0.717) is 0 Å². The molecule has 0 unspecified atom stereocenters. The Morgan fingerprint density at radius 3 is 2.29 bits per heavy atom. The fourth-order valence-corrected chi connectivity index (χ4v) is 2.94. The van der Waals surface area contributed by atoms with Crippen molar-refractivity contribution < 1.29 is 9.22 Å². The molecule has 2 aromatic carbocycles. The van der Waals surface area contributed by atoms with Gasteiger partial charge in [-0.25, -0.2) is 0 Å². The molecular formula is C22H24NO+. The van der Waals surface area contributed by atoms with E-state index in [-0.39, 0.29) is 0 Å². The molecule has 24 heavy (non-hydrogen) atoms. The number of benzene rings is 2. The number of hydrogen-bond acceptors (Lipinski definition) is 1. The summed E-state index contributed by atoms with van der Waals surface area (Å²) in [6.07, 6.45) is 4.49. The maximum atomic E-state index is 5.57. The molecule has 1 aliphatic heterocycles. The molecule has 0 N–H and O–H groups in total. The van der Waals surface area contributed by atoms with Crippen LogP contribution in [0.4, 0.5) is 0 Å². The molecule has 0 bridgehead atoms. The molecule has 0 spiro atoms. The summed E-state index contributed by atoms with van der Waals surface area (Å²) in [7, 11) is 0. The predicted octanol–water partition coefficient (Wildman–Crippen LogP) is 3.60. The molecule has 2 aromatic rings. The number of ether oxygens (including phenoxy) is 1. The summed E-state index contributed by atoms with van der Waals surface area (Å²) in [5, 5.41) is 0. The van der Waals surface area contributed by atoms with E-state index < -0.39 is 0 Å². The van der Waals surface area contributed by atoms with E-state index in [1.165, 1.54) is 5.56 Å². The molecule has 0 radical (unpaired) electrons. The number of quaternary nitrogens is 1. The van der Waals surface area contributed by atoms with Gasteiger partial charge in [-0.1, -0.05) is 60.5 Å². The first-order valence-corrected chi connectivity index (χ1v) is 8.55. The molecule has 1 fully saturated rings. The van der Waals surface area contributed by atoms with E-state index >= 15 is 0 Å². The van der Waals surface area contributed by atoms with E-state index in [4.69, 9.17) is 4.74 Å². The van der Waals surface area contributed by atoms with Crippen molar-refractivity contribution in [2.24, 2.45) is 0 Å². The number of morpholine rings is 1. The van der Waals surface area contributed by atoms with Crippen molar-refractivity contribution in [3.8, 4) is 11.8 Å². The second-order valence-corrected chi connectivity index (χ2v) is 6.22. The minimum Gasteiger partial charge on any atom is -0.370 e. The van der Waals surface area contributed by atoms with Gasteiger partial charge in [0.05, 0.1) is 19.8 Å². The Morgan fingerprint density at radius 1 is 0.917 bits per heavy atom. The molecular weight excluding hydrogens is 294 g/mol. The van der Waals surface area contributed by atoms with Crippen molar-refractivity contribution in [2.75, 3.05) is 39.4 Å². The van der Waals surface area contributed by atoms with Gasteiger partial charge in [-0.15, -0.1) is 0 Å². The van der Waals surface area contributed by atoms with Crippen molar-refractivity contribution in [1.29, 1.82) is 0 Å². The van der Waals surface area contributed by atoms with Crippen LogP contribution in [0, 0.1) is 11.8 Å². The Bertz CT molecular complexity index is 704. The van der Waals surface area contributed by atoms with Gasteiger partial charge >= 0.3 is 0 Å². The van der Waals surface area contributed by atoms with Crippen LogP contribution in [0.25, 0.3) is 6.08 Å². The molecule has 2 heteroatoms. The monoisotopic (exact) mass is 318 g/mol. The largest absolute Gasteiger partial charge is 0.370 e. The minimum atomic E-state index is 0.826. The van der Waals surface area contributed by atoms with Gasteiger partial charge in [-0.3, -0.25) is 0 Å². The second kappa shape index (κ2) is 8.49. The lowest BCUT2D eigenvalue weighted by Crippen LogP contribution is -2.55. The maximum absolute atomic E-state index is 5.57. The summed E-state index contributed by atoms with van der Waals surface area (Å²) in [5.74, 6) is 6.69. The average Bonchev–Trinajstić information content (AvgIpc) is 2.64. The number of rotatable bonds is 4. The van der Waals surface area contributed by atoms with E-state index in [0.717, 1.165) is 49.4 Å². The highest BCUT2D eigenvalue weighted by Gasteiger charge is 2.28. The second-order valence-electron chi connectivity index (χ2n) is 6.22. The van der Waals surface area contributed by atoms with Gasteiger partial charge in [0.15, 0.2) is 0 Å².